The summed E-state index contributed by atoms with van der Waals surface area (Å²) in [5.41, 5.74) is 3.51. The van der Waals surface area contributed by atoms with Crippen molar-refractivity contribution < 1.29 is 9.59 Å². The van der Waals surface area contributed by atoms with E-state index < -0.39 is 0 Å². The van der Waals surface area contributed by atoms with E-state index in [4.69, 9.17) is 0 Å². The van der Waals surface area contributed by atoms with Crippen LogP contribution in [-0.4, -0.2) is 33.7 Å². The van der Waals surface area contributed by atoms with Gasteiger partial charge >= 0.3 is 0 Å². The van der Waals surface area contributed by atoms with Crippen LogP contribution in [0.4, 0.5) is 5.69 Å². The smallest absolute Gasteiger partial charge is 0.224 e. The molecule has 1 aromatic heterocycles. The molecule has 0 unspecified atom stereocenters. The topological polar surface area (TPSA) is 78.1 Å². The molecular formula is C20H22N4O2. The van der Waals surface area contributed by atoms with Crippen molar-refractivity contribution in [2.45, 2.75) is 26.3 Å². The Labute approximate surface area is 152 Å². The number of rotatable bonds is 6. The first-order chi connectivity index (χ1) is 12.5. The Morgan fingerprint density at radius 1 is 1.12 bits per heavy atom. The first kappa shape index (κ1) is 17.7. The van der Waals surface area contributed by atoms with Crippen LogP contribution in [0.5, 0.6) is 0 Å². The fourth-order valence-corrected chi connectivity index (χ4v) is 2.72. The Bertz CT molecular complexity index is 899. The van der Waals surface area contributed by atoms with Gasteiger partial charge in [0.1, 0.15) is 5.82 Å². The Balaban J connectivity index is 1.62. The van der Waals surface area contributed by atoms with Crippen molar-refractivity contribution in [3.05, 3.63) is 59.9 Å². The summed E-state index contributed by atoms with van der Waals surface area (Å²) in [5, 5.41) is 2.94. The van der Waals surface area contributed by atoms with Crippen LogP contribution in [0.1, 0.15) is 24.7 Å². The molecule has 0 aliphatic carbocycles. The van der Waals surface area contributed by atoms with Gasteiger partial charge in [0.05, 0.1) is 11.0 Å². The van der Waals surface area contributed by atoms with Crippen molar-refractivity contribution >= 4 is 28.5 Å². The summed E-state index contributed by atoms with van der Waals surface area (Å²) in [4.78, 5) is 33.1. The van der Waals surface area contributed by atoms with Gasteiger partial charge in [0.25, 0.3) is 0 Å². The molecule has 0 saturated carbocycles. The third-order valence-corrected chi connectivity index (χ3v) is 4.26. The summed E-state index contributed by atoms with van der Waals surface area (Å²) < 4.78 is 0. The van der Waals surface area contributed by atoms with Crippen molar-refractivity contribution in [3.8, 4) is 0 Å². The van der Waals surface area contributed by atoms with E-state index in [9.17, 15) is 9.59 Å². The molecule has 0 fully saturated rings. The van der Waals surface area contributed by atoms with Crippen LogP contribution in [0, 0.1) is 0 Å². The van der Waals surface area contributed by atoms with Crippen molar-refractivity contribution in [2.75, 3.05) is 12.4 Å². The van der Waals surface area contributed by atoms with Crippen molar-refractivity contribution in [3.63, 3.8) is 0 Å². The number of H-pyrrole nitrogens is 1. The van der Waals surface area contributed by atoms with E-state index in [0.29, 0.717) is 19.4 Å². The van der Waals surface area contributed by atoms with E-state index in [1.54, 1.807) is 11.9 Å². The summed E-state index contributed by atoms with van der Waals surface area (Å²) in [6.45, 7) is 1.98. The molecule has 0 saturated heterocycles. The van der Waals surface area contributed by atoms with Gasteiger partial charge in [-0.2, -0.15) is 0 Å². The molecule has 2 amide bonds. The monoisotopic (exact) mass is 350 g/mol. The molecular weight excluding hydrogens is 328 g/mol. The van der Waals surface area contributed by atoms with Gasteiger partial charge in [0.15, 0.2) is 0 Å². The number of carbonyl (C=O) groups excluding carboxylic acids is 2. The number of hydrogen-bond donors (Lipinski definition) is 2. The molecule has 134 valence electrons. The van der Waals surface area contributed by atoms with E-state index in [1.807, 2.05) is 48.5 Å². The molecule has 2 N–H and O–H groups in total. The van der Waals surface area contributed by atoms with Gasteiger partial charge in [-0.25, -0.2) is 4.98 Å². The lowest BCUT2D eigenvalue weighted by atomic mass is 10.1. The molecule has 0 aliphatic heterocycles. The van der Waals surface area contributed by atoms with Crippen LogP contribution in [0.15, 0.2) is 48.5 Å². The first-order valence-corrected chi connectivity index (χ1v) is 8.56. The van der Waals surface area contributed by atoms with Crippen molar-refractivity contribution in [1.82, 2.24) is 14.9 Å². The summed E-state index contributed by atoms with van der Waals surface area (Å²) >= 11 is 0. The number of carbonyl (C=O) groups is 2. The maximum absolute atomic E-state index is 12.3. The van der Waals surface area contributed by atoms with Crippen molar-refractivity contribution in [2.24, 2.45) is 0 Å². The number of aromatic nitrogens is 2. The molecule has 0 aliphatic rings. The van der Waals surface area contributed by atoms with E-state index in [0.717, 1.165) is 28.1 Å². The second-order valence-electron chi connectivity index (χ2n) is 6.28. The number of benzene rings is 2. The molecule has 0 bridgehead atoms. The van der Waals surface area contributed by atoms with Crippen LogP contribution in [-0.2, 0) is 22.6 Å². The Kier molecular flexibility index (Phi) is 5.31. The van der Waals surface area contributed by atoms with E-state index in [-0.39, 0.29) is 11.8 Å². The molecule has 2 aromatic carbocycles. The van der Waals surface area contributed by atoms with Crippen LogP contribution in [0.25, 0.3) is 11.0 Å². The minimum atomic E-state index is -0.0802. The molecule has 6 nitrogen and oxygen atoms in total. The van der Waals surface area contributed by atoms with Gasteiger partial charge < -0.3 is 15.2 Å². The highest BCUT2D eigenvalue weighted by Crippen LogP contribution is 2.18. The first-order valence-electron chi connectivity index (χ1n) is 8.56. The lowest BCUT2D eigenvalue weighted by molar-refractivity contribution is -0.128. The average molecular weight is 350 g/mol. The number of amides is 2. The van der Waals surface area contributed by atoms with E-state index in [2.05, 4.69) is 15.3 Å². The summed E-state index contributed by atoms with van der Waals surface area (Å²) in [7, 11) is 1.74. The number of aromatic amines is 1. The molecule has 0 radical (unpaired) electrons. The predicted molar refractivity (Wildman–Crippen MR) is 102 cm³/mol. The zero-order valence-electron chi connectivity index (χ0n) is 15.0. The second-order valence-corrected chi connectivity index (χ2v) is 6.28. The number of anilines is 1. The Hall–Kier alpha value is -3.15. The fourth-order valence-electron chi connectivity index (χ4n) is 2.72. The quantitative estimate of drug-likeness (QED) is 0.717. The lowest BCUT2D eigenvalue weighted by Crippen LogP contribution is -2.24. The van der Waals surface area contributed by atoms with Gasteiger partial charge in [0, 0.05) is 39.0 Å². The van der Waals surface area contributed by atoms with Gasteiger partial charge in [0.2, 0.25) is 11.8 Å². The maximum Gasteiger partial charge on any atom is 0.224 e. The summed E-state index contributed by atoms with van der Waals surface area (Å²) in [6, 6.07) is 15.3. The lowest BCUT2D eigenvalue weighted by Gasteiger charge is -2.17. The number of fused-ring (bicyclic) bond motifs is 1. The van der Waals surface area contributed by atoms with Crippen LogP contribution < -0.4 is 5.32 Å². The number of nitrogens with one attached hydrogen (secondary N) is 2. The molecule has 26 heavy (non-hydrogen) atoms. The minimum absolute atomic E-state index is 0.0176. The average Bonchev–Trinajstić information content (AvgIpc) is 3.04. The van der Waals surface area contributed by atoms with Gasteiger partial charge in [-0.05, 0) is 23.8 Å². The molecule has 0 atom stereocenters. The third-order valence-electron chi connectivity index (χ3n) is 4.26. The third kappa shape index (κ3) is 4.27. The van der Waals surface area contributed by atoms with Gasteiger partial charge in [-0.3, -0.25) is 9.59 Å². The second kappa shape index (κ2) is 7.82. The van der Waals surface area contributed by atoms with Crippen LogP contribution in [0.3, 0.4) is 0 Å². The Morgan fingerprint density at radius 2 is 1.85 bits per heavy atom. The summed E-state index contributed by atoms with van der Waals surface area (Å²) in [5.74, 6) is 0.699. The highest BCUT2D eigenvalue weighted by molar-refractivity contribution is 5.91. The standard InChI is InChI=1S/C20H22N4O2/c1-14(25)24(2)13-15-7-3-4-8-16(15)23-20(26)12-11-19-21-17-9-5-6-10-18(17)22-19/h3-10H,11-13H2,1-2H3,(H,21,22)(H,23,26). The molecule has 3 aromatic rings. The fraction of sp³-hybridized carbons (Fsp3) is 0.250. The minimum Gasteiger partial charge on any atom is -0.342 e. The zero-order valence-corrected chi connectivity index (χ0v) is 15.0. The van der Waals surface area contributed by atoms with Gasteiger partial charge in [-0.15, -0.1) is 0 Å². The van der Waals surface area contributed by atoms with E-state index >= 15 is 0 Å². The largest absolute Gasteiger partial charge is 0.342 e. The molecule has 3 rings (SSSR count). The van der Waals surface area contributed by atoms with Crippen LogP contribution in [0.2, 0.25) is 0 Å². The number of hydrogen-bond acceptors (Lipinski definition) is 3. The van der Waals surface area contributed by atoms with E-state index in [1.165, 1.54) is 6.92 Å². The van der Waals surface area contributed by atoms with Gasteiger partial charge in [-0.1, -0.05) is 30.3 Å². The highest BCUT2D eigenvalue weighted by atomic mass is 16.2. The van der Waals surface area contributed by atoms with Crippen molar-refractivity contribution in [1.29, 1.82) is 0 Å². The SMILES string of the molecule is CC(=O)N(C)Cc1ccccc1NC(=O)CCc1nc2ccccc2[nH]1. The molecule has 1 heterocycles. The maximum atomic E-state index is 12.3. The number of para-hydroxylation sites is 3. The predicted octanol–water partition coefficient (Wildman–Crippen LogP) is 3.11. The van der Waals surface area contributed by atoms with Crippen LogP contribution >= 0.6 is 0 Å². The number of nitrogens with zero attached hydrogens (tertiary/aromatic N) is 2. The Morgan fingerprint density at radius 3 is 2.62 bits per heavy atom. The number of imidazole rings is 1. The summed E-state index contributed by atoms with van der Waals surface area (Å²) in [6.07, 6.45) is 0.868. The number of aryl methyl sites for hydroxylation is 1. The zero-order chi connectivity index (χ0) is 18.5. The molecule has 0 spiro atoms. The normalized spacial score (nSPS) is 10.7. The molecule has 6 heteroatoms. The highest BCUT2D eigenvalue weighted by Gasteiger charge is 2.11.